The van der Waals surface area contributed by atoms with Crippen LogP contribution in [0.5, 0.6) is 0 Å². The van der Waals surface area contributed by atoms with E-state index < -0.39 is 0 Å². The molecular formula is C26H31N7O. The van der Waals surface area contributed by atoms with E-state index in [2.05, 4.69) is 74.3 Å². The highest BCUT2D eigenvalue weighted by atomic mass is 16.5. The Morgan fingerprint density at radius 3 is 2.50 bits per heavy atom. The van der Waals surface area contributed by atoms with Gasteiger partial charge in [0.15, 0.2) is 0 Å². The minimum atomic E-state index is 0.0453. The van der Waals surface area contributed by atoms with Crippen LogP contribution in [0.15, 0.2) is 48.8 Å². The molecule has 0 radical (unpaired) electrons. The average molecular weight is 458 g/mol. The van der Waals surface area contributed by atoms with Crippen molar-refractivity contribution in [3.63, 3.8) is 0 Å². The van der Waals surface area contributed by atoms with E-state index in [9.17, 15) is 5.26 Å². The smallest absolute Gasteiger partial charge is 0.113 e. The van der Waals surface area contributed by atoms with Gasteiger partial charge in [-0.2, -0.15) is 5.26 Å². The number of nitriles is 1. The molecule has 2 fully saturated rings. The van der Waals surface area contributed by atoms with Crippen molar-refractivity contribution in [2.45, 2.75) is 19.1 Å². The number of nitrogens with zero attached hydrogens (tertiary/aromatic N) is 6. The maximum atomic E-state index is 9.46. The van der Waals surface area contributed by atoms with Crippen molar-refractivity contribution in [2.75, 3.05) is 67.6 Å². The van der Waals surface area contributed by atoms with Gasteiger partial charge in [-0.3, -0.25) is 9.97 Å². The summed E-state index contributed by atoms with van der Waals surface area (Å²) in [6.07, 6.45) is 3.46. The van der Waals surface area contributed by atoms with E-state index in [-0.39, 0.29) is 12.2 Å². The molecule has 3 heterocycles. The number of hydrogen-bond acceptors (Lipinski definition) is 8. The molecule has 8 nitrogen and oxygen atoms in total. The summed E-state index contributed by atoms with van der Waals surface area (Å²) in [6, 6.07) is 14.9. The molecule has 0 aliphatic carbocycles. The van der Waals surface area contributed by atoms with E-state index in [1.807, 2.05) is 12.1 Å². The van der Waals surface area contributed by atoms with E-state index in [4.69, 9.17) is 4.74 Å². The Morgan fingerprint density at radius 2 is 1.76 bits per heavy atom. The Hall–Kier alpha value is -3.41. The number of likely N-dealkylation sites (N-methyl/N-ethyl adjacent to an activating group) is 1. The molecule has 2 atom stereocenters. The fourth-order valence-electron chi connectivity index (χ4n) is 4.98. The molecular weight excluding hydrogens is 426 g/mol. The molecule has 0 unspecified atom stereocenters. The molecule has 0 spiro atoms. The van der Waals surface area contributed by atoms with E-state index in [1.165, 1.54) is 11.4 Å². The van der Waals surface area contributed by atoms with Crippen LogP contribution in [0, 0.1) is 11.3 Å². The molecule has 2 aromatic carbocycles. The number of nitrogens with one attached hydrogen (secondary N) is 1. The third kappa shape index (κ3) is 4.63. The Balaban J connectivity index is 1.30. The summed E-state index contributed by atoms with van der Waals surface area (Å²) in [4.78, 5) is 16.0. The van der Waals surface area contributed by atoms with Crippen LogP contribution in [0.2, 0.25) is 0 Å². The summed E-state index contributed by atoms with van der Waals surface area (Å²) in [5, 5.41) is 12.9. The van der Waals surface area contributed by atoms with Gasteiger partial charge in [0.25, 0.3) is 0 Å². The van der Waals surface area contributed by atoms with Crippen molar-refractivity contribution >= 4 is 28.1 Å². The molecule has 1 N–H and O–H groups in total. The zero-order valence-electron chi connectivity index (χ0n) is 19.8. The zero-order chi connectivity index (χ0) is 23.5. The van der Waals surface area contributed by atoms with E-state index in [0.29, 0.717) is 11.1 Å². The molecule has 8 heteroatoms. The second-order valence-corrected chi connectivity index (χ2v) is 9.11. The lowest BCUT2D eigenvalue weighted by Gasteiger charge is -2.40. The van der Waals surface area contributed by atoms with E-state index in [1.54, 1.807) is 12.4 Å². The summed E-state index contributed by atoms with van der Waals surface area (Å²) >= 11 is 0. The lowest BCUT2D eigenvalue weighted by molar-refractivity contribution is -0.0108. The van der Waals surface area contributed by atoms with Gasteiger partial charge in [0.1, 0.15) is 17.1 Å². The van der Waals surface area contributed by atoms with Gasteiger partial charge in [0.2, 0.25) is 0 Å². The number of piperazine rings is 1. The lowest BCUT2D eigenvalue weighted by atomic mass is 10.1. The molecule has 2 aliphatic heterocycles. The minimum Gasteiger partial charge on any atom is -0.372 e. The maximum Gasteiger partial charge on any atom is 0.113 e. The van der Waals surface area contributed by atoms with E-state index >= 15 is 0 Å². The third-order valence-electron chi connectivity index (χ3n) is 6.64. The van der Waals surface area contributed by atoms with Crippen LogP contribution >= 0.6 is 0 Å². The molecule has 2 saturated heterocycles. The van der Waals surface area contributed by atoms with Gasteiger partial charge in [0.05, 0.1) is 23.5 Å². The standard InChI is InChI=1S/C26H31N7O/c1-19-16-33(24-8-3-20(15-27)25-26(24)30-10-9-29-25)18-23(34-19)17-31(2)21-4-6-22(7-5-21)32-13-11-28-12-14-32/h3-10,19,23,28H,11-14,16-18H2,1-2H3/t19-,23+/m1/s1. The highest BCUT2D eigenvalue weighted by Gasteiger charge is 2.28. The first-order valence-electron chi connectivity index (χ1n) is 11.9. The van der Waals surface area contributed by atoms with Crippen LogP contribution < -0.4 is 20.0 Å². The van der Waals surface area contributed by atoms with Gasteiger partial charge in [0, 0.05) is 76.6 Å². The van der Waals surface area contributed by atoms with Gasteiger partial charge in [-0.05, 0) is 43.3 Å². The van der Waals surface area contributed by atoms with Gasteiger partial charge in [-0.15, -0.1) is 0 Å². The third-order valence-corrected chi connectivity index (χ3v) is 6.64. The Bertz CT molecular complexity index is 1170. The van der Waals surface area contributed by atoms with Crippen LogP contribution in [0.25, 0.3) is 11.0 Å². The van der Waals surface area contributed by atoms with Crippen LogP contribution in [0.3, 0.4) is 0 Å². The molecule has 5 rings (SSSR count). The minimum absolute atomic E-state index is 0.0453. The maximum absolute atomic E-state index is 9.46. The molecule has 0 amide bonds. The Morgan fingerprint density at radius 1 is 1.03 bits per heavy atom. The number of rotatable bonds is 5. The topological polar surface area (TPSA) is 80.6 Å². The second-order valence-electron chi connectivity index (χ2n) is 9.11. The fraction of sp³-hybridized carbons (Fsp3) is 0.423. The molecule has 176 valence electrons. The molecule has 0 saturated carbocycles. The highest BCUT2D eigenvalue weighted by molar-refractivity contribution is 5.92. The van der Waals surface area contributed by atoms with Crippen molar-refractivity contribution < 1.29 is 4.74 Å². The highest BCUT2D eigenvalue weighted by Crippen LogP contribution is 2.29. The Kier molecular flexibility index (Phi) is 6.48. The fourth-order valence-corrected chi connectivity index (χ4v) is 4.98. The summed E-state index contributed by atoms with van der Waals surface area (Å²) in [6.45, 7) is 8.60. The number of fused-ring (bicyclic) bond motifs is 1. The SMILES string of the molecule is C[C@@H]1CN(c2ccc(C#N)c3nccnc23)C[C@H](CN(C)c2ccc(N3CCNCC3)cc2)O1. The van der Waals surface area contributed by atoms with E-state index in [0.717, 1.165) is 57.0 Å². The van der Waals surface area contributed by atoms with Gasteiger partial charge < -0.3 is 24.8 Å². The van der Waals surface area contributed by atoms with Gasteiger partial charge >= 0.3 is 0 Å². The summed E-state index contributed by atoms with van der Waals surface area (Å²) in [7, 11) is 2.12. The first-order valence-corrected chi connectivity index (χ1v) is 11.9. The predicted octanol–water partition coefficient (Wildman–Crippen LogP) is 2.64. The van der Waals surface area contributed by atoms with Crippen molar-refractivity contribution in [3.05, 3.63) is 54.4 Å². The van der Waals surface area contributed by atoms with Gasteiger partial charge in [-0.1, -0.05) is 0 Å². The first kappa shape index (κ1) is 22.4. The van der Waals surface area contributed by atoms with Crippen molar-refractivity contribution in [2.24, 2.45) is 0 Å². The molecule has 3 aromatic rings. The summed E-state index contributed by atoms with van der Waals surface area (Å²) < 4.78 is 6.32. The molecule has 2 aliphatic rings. The predicted molar refractivity (Wildman–Crippen MR) is 136 cm³/mol. The first-order chi connectivity index (χ1) is 16.6. The number of hydrogen-bond donors (Lipinski definition) is 1. The number of ether oxygens (including phenoxy) is 1. The monoisotopic (exact) mass is 457 g/mol. The van der Waals surface area contributed by atoms with Crippen LogP contribution in [-0.2, 0) is 4.74 Å². The second kappa shape index (κ2) is 9.84. The molecule has 34 heavy (non-hydrogen) atoms. The van der Waals surface area contributed by atoms with Crippen molar-refractivity contribution in [1.82, 2.24) is 15.3 Å². The van der Waals surface area contributed by atoms with Gasteiger partial charge in [-0.25, -0.2) is 0 Å². The molecule has 0 bridgehead atoms. The molecule has 1 aromatic heterocycles. The number of anilines is 3. The number of morpholine rings is 1. The van der Waals surface area contributed by atoms with Crippen molar-refractivity contribution in [1.29, 1.82) is 5.26 Å². The van der Waals surface area contributed by atoms with Crippen LogP contribution in [0.1, 0.15) is 12.5 Å². The quantitative estimate of drug-likeness (QED) is 0.626. The number of benzene rings is 2. The zero-order valence-corrected chi connectivity index (χ0v) is 19.8. The lowest BCUT2D eigenvalue weighted by Crippen LogP contribution is -2.50. The van der Waals surface area contributed by atoms with Crippen LogP contribution in [-0.4, -0.2) is 75.0 Å². The largest absolute Gasteiger partial charge is 0.372 e. The normalized spacial score (nSPS) is 20.9. The van der Waals surface area contributed by atoms with Crippen LogP contribution in [0.4, 0.5) is 17.1 Å². The summed E-state index contributed by atoms with van der Waals surface area (Å²) in [5.41, 5.74) is 5.44. The summed E-state index contributed by atoms with van der Waals surface area (Å²) in [5.74, 6) is 0. The Labute approximate surface area is 200 Å². The average Bonchev–Trinajstić information content (AvgIpc) is 2.88. The number of aromatic nitrogens is 2. The van der Waals surface area contributed by atoms with Crippen molar-refractivity contribution in [3.8, 4) is 6.07 Å².